The molecule has 0 spiro atoms. The van der Waals surface area contributed by atoms with E-state index < -0.39 is 23.6 Å². The lowest BCUT2D eigenvalue weighted by atomic mass is 10.0. The molecule has 0 aromatic heterocycles. The monoisotopic (exact) mass is 443 g/mol. The highest BCUT2D eigenvalue weighted by Gasteiger charge is 2.39. The Morgan fingerprint density at radius 3 is 2.53 bits per heavy atom. The maximum absolute atomic E-state index is 13.3. The summed E-state index contributed by atoms with van der Waals surface area (Å²) in [6.07, 6.45) is -1.52. The van der Waals surface area contributed by atoms with Gasteiger partial charge in [-0.1, -0.05) is 30.9 Å². The predicted octanol–water partition coefficient (Wildman–Crippen LogP) is 5.15. The fraction of sp³-hybridized carbons (Fsp3) is 0.167. The van der Waals surface area contributed by atoms with Gasteiger partial charge in [-0.15, -0.1) is 0 Å². The molecule has 1 aliphatic rings. The lowest BCUT2D eigenvalue weighted by Crippen LogP contribution is -2.24. The number of hydrogen-bond acceptors (Lipinski definition) is 4. The number of anilines is 1. The smallest absolute Gasteiger partial charge is 0.416 e. The molecule has 1 amide bonds. The van der Waals surface area contributed by atoms with Crippen LogP contribution in [0.1, 0.15) is 18.1 Å². The fourth-order valence-corrected chi connectivity index (χ4v) is 3.33. The van der Waals surface area contributed by atoms with Gasteiger partial charge in [0.25, 0.3) is 5.91 Å². The maximum Gasteiger partial charge on any atom is 0.416 e. The van der Waals surface area contributed by atoms with Crippen molar-refractivity contribution in [3.63, 3.8) is 0 Å². The molecule has 0 atom stereocenters. The van der Waals surface area contributed by atoms with Gasteiger partial charge in [0.05, 0.1) is 23.8 Å². The van der Waals surface area contributed by atoms with Crippen molar-refractivity contribution in [3.05, 3.63) is 89.2 Å². The lowest BCUT2D eigenvalue weighted by molar-refractivity contribution is -0.137. The summed E-state index contributed by atoms with van der Waals surface area (Å²) in [5.74, 6) is -0.880. The lowest BCUT2D eigenvalue weighted by Gasteiger charge is -2.19. The molecule has 0 fully saturated rings. The third kappa shape index (κ3) is 4.59. The van der Waals surface area contributed by atoms with Gasteiger partial charge >= 0.3 is 12.1 Å². The van der Waals surface area contributed by atoms with E-state index in [1.165, 1.54) is 32.2 Å². The van der Waals surface area contributed by atoms with Crippen molar-refractivity contribution in [2.45, 2.75) is 13.1 Å². The predicted molar refractivity (Wildman–Crippen MR) is 114 cm³/mol. The second-order valence-electron chi connectivity index (χ2n) is 6.87. The van der Waals surface area contributed by atoms with E-state index in [-0.39, 0.29) is 29.1 Å². The third-order valence-corrected chi connectivity index (χ3v) is 4.76. The maximum atomic E-state index is 13.3. The number of nitrogens with zero attached hydrogens (tertiary/aromatic N) is 1. The number of carbonyl (C=O) groups is 2. The number of amides is 1. The highest BCUT2D eigenvalue weighted by atomic mass is 19.4. The summed E-state index contributed by atoms with van der Waals surface area (Å²) in [6.45, 7) is 5.35. The average molecular weight is 443 g/mol. The number of benzene rings is 2. The number of allylic oxidation sites excluding steroid dienone is 1. The van der Waals surface area contributed by atoms with Gasteiger partial charge in [0.15, 0.2) is 0 Å². The molecule has 3 rings (SSSR count). The molecule has 8 heteroatoms. The number of hydrogen-bond donors (Lipinski definition) is 0. The van der Waals surface area contributed by atoms with Gasteiger partial charge < -0.3 is 9.47 Å². The van der Waals surface area contributed by atoms with Gasteiger partial charge in [-0.05, 0) is 48.9 Å². The van der Waals surface area contributed by atoms with Crippen molar-refractivity contribution in [2.24, 2.45) is 0 Å². The van der Waals surface area contributed by atoms with Crippen LogP contribution < -0.4 is 9.64 Å². The van der Waals surface area contributed by atoms with E-state index in [2.05, 4.69) is 6.58 Å². The zero-order valence-corrected chi connectivity index (χ0v) is 17.4. The summed E-state index contributed by atoms with van der Waals surface area (Å²) in [4.78, 5) is 26.8. The molecule has 32 heavy (non-hydrogen) atoms. The van der Waals surface area contributed by atoms with Crippen molar-refractivity contribution in [1.82, 2.24) is 0 Å². The van der Waals surface area contributed by atoms with Gasteiger partial charge in [-0.2, -0.15) is 13.2 Å². The van der Waals surface area contributed by atoms with Crippen molar-refractivity contribution < 1.29 is 32.2 Å². The molecule has 0 radical (unpaired) electrons. The van der Waals surface area contributed by atoms with E-state index in [0.717, 1.165) is 17.0 Å². The van der Waals surface area contributed by atoms with E-state index in [0.29, 0.717) is 11.3 Å². The molecular formula is C24H20F3NO4. The zero-order valence-electron chi connectivity index (χ0n) is 17.4. The van der Waals surface area contributed by atoms with E-state index in [4.69, 9.17) is 9.47 Å². The number of halogens is 3. The molecule has 0 bridgehead atoms. The Morgan fingerprint density at radius 1 is 1.16 bits per heavy atom. The van der Waals surface area contributed by atoms with Crippen molar-refractivity contribution >= 4 is 23.6 Å². The average Bonchev–Trinajstić information content (AvgIpc) is 3.01. The van der Waals surface area contributed by atoms with Crippen LogP contribution in [0.15, 0.2) is 78.0 Å². The second kappa shape index (κ2) is 9.13. The van der Waals surface area contributed by atoms with Gasteiger partial charge in [0, 0.05) is 11.4 Å². The fourth-order valence-electron chi connectivity index (χ4n) is 3.33. The number of alkyl halides is 3. The molecule has 0 unspecified atom stereocenters. The van der Waals surface area contributed by atoms with Crippen LogP contribution in [0, 0.1) is 0 Å². The first kappa shape index (κ1) is 22.9. The number of methoxy groups -OCH3 is 1. The Hall–Kier alpha value is -3.81. The van der Waals surface area contributed by atoms with Crippen LogP contribution in [0.2, 0.25) is 0 Å². The molecule has 0 aliphatic carbocycles. The Balaban J connectivity index is 2.09. The van der Waals surface area contributed by atoms with E-state index >= 15 is 0 Å². The molecule has 0 N–H and O–H groups in total. The highest BCUT2D eigenvalue weighted by Crippen LogP contribution is 2.38. The minimum Gasteiger partial charge on any atom is -0.490 e. The molecule has 166 valence electrons. The first-order valence-corrected chi connectivity index (χ1v) is 9.54. The van der Waals surface area contributed by atoms with E-state index in [1.54, 1.807) is 30.3 Å². The van der Waals surface area contributed by atoms with Crippen LogP contribution in [0.4, 0.5) is 18.9 Å². The number of carbonyl (C=O) groups excluding carboxylic acids is 2. The molecule has 0 saturated carbocycles. The summed E-state index contributed by atoms with van der Waals surface area (Å²) < 4.78 is 49.9. The minimum atomic E-state index is -4.58. The molecule has 5 nitrogen and oxygen atoms in total. The number of esters is 1. The highest BCUT2D eigenvalue weighted by molar-refractivity contribution is 6.23. The zero-order chi connectivity index (χ0) is 23.5. The van der Waals surface area contributed by atoms with Crippen molar-refractivity contribution in [3.8, 4) is 5.75 Å². The van der Waals surface area contributed by atoms with Gasteiger partial charge in [0.2, 0.25) is 0 Å². The third-order valence-electron chi connectivity index (χ3n) is 4.76. The Morgan fingerprint density at radius 2 is 1.88 bits per heavy atom. The van der Waals surface area contributed by atoms with Gasteiger partial charge in [-0.25, -0.2) is 4.79 Å². The first-order chi connectivity index (χ1) is 15.2. The molecule has 2 aromatic carbocycles. The van der Waals surface area contributed by atoms with Crippen LogP contribution in [0.3, 0.4) is 0 Å². The molecule has 2 aromatic rings. The number of ether oxygens (including phenoxy) is 2. The molecule has 1 heterocycles. The van der Waals surface area contributed by atoms with Crippen LogP contribution in [-0.4, -0.2) is 25.6 Å². The first-order valence-electron chi connectivity index (χ1n) is 9.54. The minimum absolute atomic E-state index is 0.00445. The summed E-state index contributed by atoms with van der Waals surface area (Å²) in [5, 5.41) is 0. The molecule has 1 aliphatic heterocycles. The standard InChI is InChI=1S/C24H20F3NO4/c1-4-11-32-19-10-5-7-16(12-19)13-20-21(23(30)31-3)15(2)28(22(20)29)18-9-6-8-17(14-18)24(25,26)27/h4-10,12-14H,1,11H2,2-3H3/b20-13-. The molecule has 0 saturated heterocycles. The van der Waals surface area contributed by atoms with Crippen LogP contribution in [0.5, 0.6) is 5.75 Å². The van der Waals surface area contributed by atoms with Crippen LogP contribution in [0.25, 0.3) is 6.08 Å². The van der Waals surface area contributed by atoms with E-state index in [9.17, 15) is 22.8 Å². The Bertz CT molecular complexity index is 1130. The van der Waals surface area contributed by atoms with Crippen LogP contribution in [-0.2, 0) is 20.5 Å². The Kier molecular flexibility index (Phi) is 6.53. The summed E-state index contributed by atoms with van der Waals surface area (Å²) >= 11 is 0. The number of rotatable bonds is 6. The van der Waals surface area contributed by atoms with Gasteiger partial charge in [0.1, 0.15) is 12.4 Å². The molecular weight excluding hydrogens is 423 g/mol. The Labute approximate surface area is 183 Å². The summed E-state index contributed by atoms with van der Waals surface area (Å²) in [5.41, 5.74) is -0.184. The topological polar surface area (TPSA) is 55.8 Å². The largest absolute Gasteiger partial charge is 0.490 e. The normalized spacial score (nSPS) is 15.3. The summed E-state index contributed by atoms with van der Waals surface area (Å²) in [7, 11) is 1.17. The van der Waals surface area contributed by atoms with Crippen molar-refractivity contribution in [2.75, 3.05) is 18.6 Å². The quantitative estimate of drug-likeness (QED) is 0.352. The van der Waals surface area contributed by atoms with Gasteiger partial charge in [-0.3, -0.25) is 9.69 Å². The SMILES string of the molecule is C=CCOc1cccc(/C=C2\C(=O)N(c3cccc(C(F)(F)F)c3)C(C)=C2C(=O)OC)c1. The van der Waals surface area contributed by atoms with Crippen LogP contribution >= 0.6 is 0 Å². The van der Waals surface area contributed by atoms with Crippen molar-refractivity contribution in [1.29, 1.82) is 0 Å². The summed E-state index contributed by atoms with van der Waals surface area (Å²) in [6, 6.07) is 11.2. The second-order valence-corrected chi connectivity index (χ2v) is 6.87. The van der Waals surface area contributed by atoms with E-state index in [1.807, 2.05) is 0 Å².